The van der Waals surface area contributed by atoms with Gasteiger partial charge < -0.3 is 9.64 Å². The number of carbonyl (C=O) groups is 1. The first-order valence-corrected chi connectivity index (χ1v) is 10.8. The van der Waals surface area contributed by atoms with Gasteiger partial charge in [0.25, 0.3) is 0 Å². The topological polar surface area (TPSA) is 56.8 Å². The maximum atomic E-state index is 13.0. The van der Waals surface area contributed by atoms with Crippen LogP contribution in [0.4, 0.5) is 5.69 Å². The van der Waals surface area contributed by atoms with Crippen LogP contribution >= 0.6 is 12.8 Å². The molecular formula is C23H26N4O2S. The number of hydrazine groups is 1. The summed E-state index contributed by atoms with van der Waals surface area (Å²) in [6, 6.07) is 8.42. The Morgan fingerprint density at radius 2 is 2.10 bits per heavy atom. The van der Waals surface area contributed by atoms with Crippen LogP contribution in [0.3, 0.4) is 0 Å². The van der Waals surface area contributed by atoms with Gasteiger partial charge in [-0.3, -0.25) is 10.1 Å². The molecule has 1 aliphatic carbocycles. The quantitative estimate of drug-likeness (QED) is 0.605. The van der Waals surface area contributed by atoms with Gasteiger partial charge in [-0.15, -0.1) is 0 Å². The third-order valence-corrected chi connectivity index (χ3v) is 6.28. The average molecular weight is 423 g/mol. The van der Waals surface area contributed by atoms with Crippen LogP contribution in [0.1, 0.15) is 25.8 Å². The van der Waals surface area contributed by atoms with E-state index in [1.807, 2.05) is 6.08 Å². The third-order valence-electron chi connectivity index (χ3n) is 6.02. The third kappa shape index (κ3) is 3.32. The molecule has 4 aliphatic rings. The smallest absolute Gasteiger partial charge is 0.191 e. The molecule has 3 aliphatic heterocycles. The van der Waals surface area contributed by atoms with Crippen molar-refractivity contribution in [3.63, 3.8) is 0 Å². The van der Waals surface area contributed by atoms with E-state index in [1.54, 1.807) is 16.6 Å². The number of carbonyl (C=O) groups excluding carboxylic acids is 1. The number of benzene rings is 1. The summed E-state index contributed by atoms with van der Waals surface area (Å²) < 4.78 is 8.35. The molecule has 30 heavy (non-hydrogen) atoms. The maximum Gasteiger partial charge on any atom is 0.191 e. The molecule has 5 rings (SSSR count). The van der Waals surface area contributed by atoms with E-state index in [1.165, 1.54) is 5.56 Å². The molecule has 2 atom stereocenters. The molecular weight excluding hydrogens is 396 g/mol. The van der Waals surface area contributed by atoms with E-state index in [0.717, 1.165) is 35.6 Å². The predicted molar refractivity (Wildman–Crippen MR) is 120 cm³/mol. The van der Waals surface area contributed by atoms with E-state index in [-0.39, 0.29) is 18.0 Å². The van der Waals surface area contributed by atoms with Gasteiger partial charge in [-0.1, -0.05) is 44.0 Å². The number of anilines is 1. The van der Waals surface area contributed by atoms with Crippen molar-refractivity contribution in [3.8, 4) is 0 Å². The van der Waals surface area contributed by atoms with Gasteiger partial charge in [0.05, 0.1) is 24.3 Å². The Hall–Kier alpha value is -2.32. The molecule has 2 N–H and O–H groups in total. The Labute approximate surface area is 182 Å². The lowest BCUT2D eigenvalue weighted by atomic mass is 9.97. The average Bonchev–Trinajstić information content (AvgIpc) is 3.05. The summed E-state index contributed by atoms with van der Waals surface area (Å²) in [6.07, 6.45) is 6.95. The van der Waals surface area contributed by atoms with Crippen LogP contribution in [0.5, 0.6) is 0 Å². The van der Waals surface area contributed by atoms with Crippen LogP contribution in [-0.2, 0) is 16.0 Å². The van der Waals surface area contributed by atoms with Gasteiger partial charge in [-0.2, -0.15) is 4.41 Å². The molecule has 156 valence electrons. The lowest BCUT2D eigenvalue weighted by molar-refractivity contribution is -0.111. The highest BCUT2D eigenvalue weighted by atomic mass is 32.1. The van der Waals surface area contributed by atoms with Crippen molar-refractivity contribution in [1.29, 1.82) is 0 Å². The molecule has 2 unspecified atom stereocenters. The second kappa shape index (κ2) is 7.74. The second-order valence-electron chi connectivity index (χ2n) is 8.07. The fraction of sp³-hybridized carbons (Fsp3) is 0.348. The summed E-state index contributed by atoms with van der Waals surface area (Å²) in [5, 5.41) is 3.58. The molecule has 7 heteroatoms. The van der Waals surface area contributed by atoms with Gasteiger partial charge in [0.2, 0.25) is 0 Å². The highest BCUT2D eigenvalue weighted by Crippen LogP contribution is 2.41. The number of fused-ring (bicyclic) bond motifs is 4. The normalized spacial score (nSPS) is 29.0. The van der Waals surface area contributed by atoms with Crippen molar-refractivity contribution < 1.29 is 9.53 Å². The summed E-state index contributed by atoms with van der Waals surface area (Å²) in [5.74, 6) is 1.52. The predicted octanol–water partition coefficient (Wildman–Crippen LogP) is 2.99. The Morgan fingerprint density at radius 3 is 2.93 bits per heavy atom. The Balaban J connectivity index is 1.69. The molecule has 1 aromatic rings. The zero-order valence-electron chi connectivity index (χ0n) is 17.2. The largest absolute Gasteiger partial charge is 0.459 e. The summed E-state index contributed by atoms with van der Waals surface area (Å²) in [5.41, 5.74) is 8.56. The number of nitrogens with zero attached hydrogens (tertiary/aromatic N) is 2. The summed E-state index contributed by atoms with van der Waals surface area (Å²) in [4.78, 5) is 15.3. The van der Waals surface area contributed by atoms with Crippen LogP contribution in [0.15, 0.2) is 70.9 Å². The number of thiol groups is 1. The van der Waals surface area contributed by atoms with E-state index in [0.29, 0.717) is 24.4 Å². The number of rotatable bonds is 1. The van der Waals surface area contributed by atoms with E-state index in [4.69, 9.17) is 4.74 Å². The lowest BCUT2D eigenvalue weighted by Crippen LogP contribution is -2.54. The van der Waals surface area contributed by atoms with E-state index < -0.39 is 0 Å². The maximum absolute atomic E-state index is 13.0. The van der Waals surface area contributed by atoms with Crippen molar-refractivity contribution in [2.75, 3.05) is 18.0 Å². The summed E-state index contributed by atoms with van der Waals surface area (Å²) >= 11 is 4.62. The first-order valence-electron chi connectivity index (χ1n) is 10.4. The number of allylic oxidation sites excluding steroid dienone is 5. The minimum absolute atomic E-state index is 0.00191. The highest BCUT2D eigenvalue weighted by Gasteiger charge is 2.37. The van der Waals surface area contributed by atoms with E-state index >= 15 is 0 Å². The van der Waals surface area contributed by atoms with Gasteiger partial charge in [-0.25, -0.2) is 5.43 Å². The number of hydrogen-bond donors (Lipinski definition) is 3. The number of ether oxygens (including phenoxy) is 1. The molecule has 0 saturated carbocycles. The van der Waals surface area contributed by atoms with Crippen LogP contribution < -0.4 is 15.6 Å². The van der Waals surface area contributed by atoms with Gasteiger partial charge in [0.15, 0.2) is 5.78 Å². The zero-order chi connectivity index (χ0) is 20.8. The lowest BCUT2D eigenvalue weighted by Gasteiger charge is -2.37. The van der Waals surface area contributed by atoms with E-state index in [2.05, 4.69) is 66.6 Å². The molecule has 0 aromatic heterocycles. The van der Waals surface area contributed by atoms with Gasteiger partial charge in [0.1, 0.15) is 11.5 Å². The SMILES string of the molecule is CCC1NC(C)NN(S)CC2=C1OC1=CC=CC(=O)/C1=C1\Cc3ccccc3N1C2. The second-order valence-corrected chi connectivity index (χ2v) is 8.56. The molecule has 0 amide bonds. The van der Waals surface area contributed by atoms with Crippen molar-refractivity contribution in [2.24, 2.45) is 0 Å². The fourth-order valence-electron chi connectivity index (χ4n) is 4.70. The molecule has 0 radical (unpaired) electrons. The number of hydrogen-bond acceptors (Lipinski definition) is 7. The zero-order valence-corrected chi connectivity index (χ0v) is 18.1. The van der Waals surface area contributed by atoms with E-state index in [9.17, 15) is 4.79 Å². The molecule has 6 nitrogen and oxygen atoms in total. The molecule has 1 aromatic carbocycles. The number of para-hydroxylation sites is 1. The molecule has 0 fully saturated rings. The number of nitrogens with one attached hydrogen (secondary N) is 2. The van der Waals surface area contributed by atoms with Crippen LogP contribution in [-0.4, -0.2) is 35.5 Å². The van der Waals surface area contributed by atoms with Crippen molar-refractivity contribution in [1.82, 2.24) is 15.2 Å². The molecule has 0 bridgehead atoms. The fourth-order valence-corrected chi connectivity index (χ4v) is 5.05. The first kappa shape index (κ1) is 19.6. The monoisotopic (exact) mass is 422 g/mol. The van der Waals surface area contributed by atoms with Crippen molar-refractivity contribution in [2.45, 2.75) is 38.9 Å². The van der Waals surface area contributed by atoms with Gasteiger partial charge >= 0.3 is 0 Å². The van der Waals surface area contributed by atoms with Crippen LogP contribution in [0, 0.1) is 0 Å². The molecule has 0 saturated heterocycles. The summed E-state index contributed by atoms with van der Waals surface area (Å²) in [6.45, 7) is 5.47. The molecule has 0 spiro atoms. The first-order chi connectivity index (χ1) is 14.5. The van der Waals surface area contributed by atoms with Gasteiger partial charge in [-0.05, 0) is 37.1 Å². The van der Waals surface area contributed by atoms with Crippen LogP contribution in [0.25, 0.3) is 0 Å². The minimum atomic E-state index is 0.00191. The standard InChI is InChI=1S/C23H26N4O2S/c1-3-17-23-16(13-27(30)25-14(2)24-17)12-26-18-8-5-4-7-15(18)11-19(26)22-20(28)9-6-10-21(22)29-23/h4-10,14,17,24-25,30H,3,11-13H2,1-2H3/b22-19-,23-16?. The van der Waals surface area contributed by atoms with Crippen LogP contribution in [0.2, 0.25) is 0 Å². The van der Waals surface area contributed by atoms with Gasteiger partial charge in [0, 0.05) is 29.9 Å². The Kier molecular flexibility index (Phi) is 5.06. The molecule has 3 heterocycles. The minimum Gasteiger partial charge on any atom is -0.459 e. The Morgan fingerprint density at radius 1 is 1.27 bits per heavy atom. The number of ketones is 1. The Bertz CT molecular complexity index is 1030. The van der Waals surface area contributed by atoms with Crippen molar-refractivity contribution in [3.05, 3.63) is 76.4 Å². The van der Waals surface area contributed by atoms with Crippen molar-refractivity contribution >= 4 is 24.3 Å². The summed E-state index contributed by atoms with van der Waals surface area (Å²) in [7, 11) is 0. The highest BCUT2D eigenvalue weighted by molar-refractivity contribution is 7.77.